The van der Waals surface area contributed by atoms with Gasteiger partial charge in [-0.15, -0.1) is 0 Å². The standard InChI is InChI=1S/C30H42N10O2/c1-22-19-23(2)40(38-22)18-17-39(15-4-3-8-25-10-9-24-7-5-13-33-29(24)36-25)16-11-26(30(41)42)37-28-20-27(34-21-35-28)32-14-6-12-31/h6,9-10,12,14,19-21,26H,3-5,7-8,11,13,15-18,31H2,1-2H3,(H,33,36)(H,41,42)(H,34,35,37)/t26-/m0/s1. The molecule has 0 fully saturated rings. The average Bonchev–Trinajstić information content (AvgIpc) is 3.31. The van der Waals surface area contributed by atoms with Gasteiger partial charge in [0.05, 0.1) is 12.2 Å². The monoisotopic (exact) mass is 574 g/mol. The molecule has 4 rings (SSSR count). The predicted octanol–water partition coefficient (Wildman–Crippen LogP) is 3.50. The number of fused-ring (bicyclic) bond motifs is 1. The number of carbonyl (C=O) groups is 1. The molecule has 5 N–H and O–H groups in total. The van der Waals surface area contributed by atoms with Crippen LogP contribution in [-0.4, -0.2) is 79.1 Å². The minimum atomic E-state index is -0.935. The summed E-state index contributed by atoms with van der Waals surface area (Å²) in [5.74, 6) is 0.913. The lowest BCUT2D eigenvalue weighted by molar-refractivity contribution is -0.138. The molecule has 3 aromatic rings. The van der Waals surface area contributed by atoms with Gasteiger partial charge in [0, 0.05) is 43.3 Å². The summed E-state index contributed by atoms with van der Waals surface area (Å²) < 4.78 is 2.02. The second-order valence-electron chi connectivity index (χ2n) is 10.5. The molecule has 42 heavy (non-hydrogen) atoms. The van der Waals surface area contributed by atoms with Gasteiger partial charge in [-0.2, -0.15) is 5.10 Å². The van der Waals surface area contributed by atoms with Crippen molar-refractivity contribution in [1.82, 2.24) is 29.6 Å². The lowest BCUT2D eigenvalue weighted by atomic mass is 10.1. The number of aliphatic imine (C=N–C) groups is 1. The van der Waals surface area contributed by atoms with Crippen LogP contribution in [0, 0.1) is 13.8 Å². The van der Waals surface area contributed by atoms with Gasteiger partial charge in [-0.1, -0.05) is 6.07 Å². The molecule has 0 bridgehead atoms. The van der Waals surface area contributed by atoms with Crippen molar-refractivity contribution in [2.45, 2.75) is 65.0 Å². The van der Waals surface area contributed by atoms with E-state index in [4.69, 9.17) is 10.7 Å². The van der Waals surface area contributed by atoms with Crippen molar-refractivity contribution in [3.05, 3.63) is 65.5 Å². The number of aliphatic carboxylic acids is 1. The minimum absolute atomic E-state index is 0.405. The molecular formula is C30H42N10O2. The molecule has 224 valence electrons. The molecule has 0 amide bonds. The van der Waals surface area contributed by atoms with Crippen LogP contribution in [0.25, 0.3) is 0 Å². The Labute approximate surface area is 247 Å². The maximum absolute atomic E-state index is 12.2. The first-order valence-corrected chi connectivity index (χ1v) is 14.6. The van der Waals surface area contributed by atoms with E-state index in [9.17, 15) is 9.90 Å². The largest absolute Gasteiger partial charge is 0.480 e. The van der Waals surface area contributed by atoms with Crippen molar-refractivity contribution in [3.63, 3.8) is 0 Å². The summed E-state index contributed by atoms with van der Waals surface area (Å²) in [5, 5.41) is 21.0. The summed E-state index contributed by atoms with van der Waals surface area (Å²) in [6.45, 7) is 8.02. The van der Waals surface area contributed by atoms with Crippen molar-refractivity contribution in [2.24, 2.45) is 10.7 Å². The molecule has 12 heteroatoms. The van der Waals surface area contributed by atoms with E-state index in [1.54, 1.807) is 12.1 Å². The Morgan fingerprint density at radius 1 is 1.24 bits per heavy atom. The summed E-state index contributed by atoms with van der Waals surface area (Å²) in [6, 6.07) is 7.22. The van der Waals surface area contributed by atoms with Gasteiger partial charge in [-0.3, -0.25) is 4.68 Å². The van der Waals surface area contributed by atoms with E-state index in [1.165, 1.54) is 24.3 Å². The van der Waals surface area contributed by atoms with Crippen molar-refractivity contribution >= 4 is 29.6 Å². The van der Waals surface area contributed by atoms with E-state index < -0.39 is 12.0 Å². The number of pyridine rings is 1. The highest BCUT2D eigenvalue weighted by Gasteiger charge is 2.20. The molecule has 1 aliphatic rings. The van der Waals surface area contributed by atoms with Crippen molar-refractivity contribution in [2.75, 3.05) is 36.8 Å². The average molecular weight is 575 g/mol. The summed E-state index contributed by atoms with van der Waals surface area (Å²) in [6.07, 6.45) is 11.4. The second kappa shape index (κ2) is 15.6. The van der Waals surface area contributed by atoms with Crippen LogP contribution in [0.15, 0.2) is 47.9 Å². The Morgan fingerprint density at radius 3 is 2.90 bits per heavy atom. The van der Waals surface area contributed by atoms with E-state index in [0.29, 0.717) is 24.6 Å². The van der Waals surface area contributed by atoms with E-state index in [2.05, 4.69) is 60.7 Å². The van der Waals surface area contributed by atoms with E-state index in [0.717, 1.165) is 81.2 Å². The van der Waals surface area contributed by atoms with Gasteiger partial charge in [0.15, 0.2) is 5.82 Å². The van der Waals surface area contributed by atoms with Crippen LogP contribution in [0.3, 0.4) is 0 Å². The van der Waals surface area contributed by atoms with Crippen LogP contribution in [0.2, 0.25) is 0 Å². The topological polar surface area (TPSA) is 159 Å². The quantitative estimate of drug-likeness (QED) is 0.147. The fourth-order valence-corrected chi connectivity index (χ4v) is 5.04. The molecule has 0 aliphatic carbocycles. The van der Waals surface area contributed by atoms with Crippen LogP contribution in [0.5, 0.6) is 0 Å². The summed E-state index contributed by atoms with van der Waals surface area (Å²) in [5.41, 5.74) is 9.86. The third-order valence-corrected chi connectivity index (χ3v) is 7.25. The highest BCUT2D eigenvalue weighted by molar-refractivity contribution is 5.77. The number of allylic oxidation sites excluding steroid dienone is 1. The normalized spacial score (nSPS) is 13.9. The smallest absolute Gasteiger partial charge is 0.326 e. The van der Waals surface area contributed by atoms with Crippen LogP contribution >= 0.6 is 0 Å². The van der Waals surface area contributed by atoms with Gasteiger partial charge in [-0.25, -0.2) is 24.7 Å². The first-order valence-electron chi connectivity index (χ1n) is 14.6. The molecule has 0 saturated carbocycles. The zero-order valence-electron chi connectivity index (χ0n) is 24.5. The Bertz CT molecular complexity index is 1370. The molecule has 0 aromatic carbocycles. The van der Waals surface area contributed by atoms with Gasteiger partial charge in [0.25, 0.3) is 0 Å². The third-order valence-electron chi connectivity index (χ3n) is 7.25. The lowest BCUT2D eigenvalue weighted by Gasteiger charge is -2.25. The van der Waals surface area contributed by atoms with Gasteiger partial charge in [-0.05, 0) is 88.9 Å². The van der Waals surface area contributed by atoms with Gasteiger partial charge < -0.3 is 26.4 Å². The zero-order chi connectivity index (χ0) is 29.7. The molecule has 0 saturated heterocycles. The van der Waals surface area contributed by atoms with Gasteiger partial charge in [0.1, 0.15) is 24.0 Å². The number of carboxylic acid groups (broad SMARTS) is 1. The molecule has 0 unspecified atom stereocenters. The predicted molar refractivity (Wildman–Crippen MR) is 165 cm³/mol. The maximum atomic E-state index is 12.2. The maximum Gasteiger partial charge on any atom is 0.326 e. The van der Waals surface area contributed by atoms with Crippen LogP contribution < -0.4 is 16.4 Å². The minimum Gasteiger partial charge on any atom is -0.480 e. The Balaban J connectivity index is 1.34. The van der Waals surface area contributed by atoms with Crippen LogP contribution in [0.1, 0.15) is 48.3 Å². The molecule has 12 nitrogen and oxygen atoms in total. The first kappa shape index (κ1) is 30.6. The molecular weight excluding hydrogens is 532 g/mol. The molecule has 1 atom stereocenters. The number of rotatable bonds is 16. The number of aryl methyl sites for hydroxylation is 4. The van der Waals surface area contributed by atoms with Gasteiger partial charge >= 0.3 is 5.97 Å². The second-order valence-corrected chi connectivity index (χ2v) is 10.5. The molecule has 0 spiro atoms. The number of anilines is 2. The number of unbranched alkanes of at least 4 members (excludes halogenated alkanes) is 1. The Kier molecular flexibility index (Phi) is 11.4. The molecule has 4 heterocycles. The summed E-state index contributed by atoms with van der Waals surface area (Å²) in [4.78, 5) is 31.8. The van der Waals surface area contributed by atoms with Crippen LogP contribution in [-0.2, 0) is 24.2 Å². The lowest BCUT2D eigenvalue weighted by Crippen LogP contribution is -2.37. The SMILES string of the molecule is Cc1cc(C)n(CCN(CCCCc2ccc3c(n2)NCCC3)CC[C@H](Nc2cc(N=CC=CN)ncn2)C(=O)O)n1. The number of hydrogen-bond acceptors (Lipinski definition) is 10. The third kappa shape index (κ3) is 9.37. The summed E-state index contributed by atoms with van der Waals surface area (Å²) in [7, 11) is 0. The van der Waals surface area contributed by atoms with Crippen molar-refractivity contribution in [1.29, 1.82) is 0 Å². The Hall–Kier alpha value is -4.32. The van der Waals surface area contributed by atoms with Crippen LogP contribution in [0.4, 0.5) is 17.5 Å². The molecule has 0 radical (unpaired) electrons. The number of carboxylic acids is 1. The van der Waals surface area contributed by atoms with E-state index in [1.807, 2.05) is 11.6 Å². The number of nitrogens with two attached hydrogens (primary N) is 1. The first-order chi connectivity index (χ1) is 20.4. The number of nitrogens with zero attached hydrogens (tertiary/aromatic N) is 7. The molecule has 3 aromatic heterocycles. The fraction of sp³-hybridized carbons (Fsp3) is 0.467. The van der Waals surface area contributed by atoms with Crippen molar-refractivity contribution in [3.8, 4) is 0 Å². The highest BCUT2D eigenvalue weighted by Crippen LogP contribution is 2.20. The van der Waals surface area contributed by atoms with Gasteiger partial charge in [0.2, 0.25) is 0 Å². The Morgan fingerprint density at radius 2 is 2.12 bits per heavy atom. The molecule has 1 aliphatic heterocycles. The van der Waals surface area contributed by atoms with Crippen molar-refractivity contribution < 1.29 is 9.90 Å². The highest BCUT2D eigenvalue weighted by atomic mass is 16.4. The number of aromatic nitrogens is 5. The number of nitrogens with one attached hydrogen (secondary N) is 2. The summed E-state index contributed by atoms with van der Waals surface area (Å²) >= 11 is 0. The number of hydrogen-bond donors (Lipinski definition) is 4. The van der Waals surface area contributed by atoms with E-state index in [-0.39, 0.29) is 0 Å². The fourth-order valence-electron chi connectivity index (χ4n) is 5.04. The van der Waals surface area contributed by atoms with E-state index >= 15 is 0 Å². The zero-order valence-corrected chi connectivity index (χ0v) is 24.5.